The number of aromatic nitrogens is 2. The summed E-state index contributed by atoms with van der Waals surface area (Å²) in [4.78, 5) is 27.2. The van der Waals surface area contributed by atoms with Crippen molar-refractivity contribution in [1.82, 2.24) is 14.7 Å². The van der Waals surface area contributed by atoms with Crippen LogP contribution in [0.25, 0.3) is 17.1 Å². The van der Waals surface area contributed by atoms with Crippen LogP contribution in [-0.4, -0.2) is 40.1 Å². The Hall–Kier alpha value is -4.57. The summed E-state index contributed by atoms with van der Waals surface area (Å²) in [5.74, 6) is 3.02. The lowest BCUT2D eigenvalue weighted by atomic mass is 10.2. The number of furan rings is 1. The minimum atomic E-state index is -0.353. The predicted molar refractivity (Wildman–Crippen MR) is 126 cm³/mol. The van der Waals surface area contributed by atoms with E-state index in [0.717, 1.165) is 5.69 Å². The Morgan fingerprint density at radius 1 is 1.12 bits per heavy atom. The fourth-order valence-corrected chi connectivity index (χ4v) is 3.37. The first kappa shape index (κ1) is 21.7. The Balaban J connectivity index is 1.57. The van der Waals surface area contributed by atoms with E-state index in [4.69, 9.17) is 10.8 Å². The molecule has 0 atom stereocenters. The molecule has 0 bridgehead atoms. The van der Waals surface area contributed by atoms with Gasteiger partial charge in [-0.05, 0) is 49.4 Å². The average Bonchev–Trinajstić information content (AvgIpc) is 3.45. The number of aryl methyl sites for hydroxylation is 1. The number of nitrogens with zero attached hydrogens (tertiary/aromatic N) is 3. The molecular formula is C26H22N4O3. The molecule has 2 amide bonds. The number of terminal acetylenes is 1. The van der Waals surface area contributed by atoms with Crippen molar-refractivity contribution in [3.05, 3.63) is 89.8 Å². The van der Waals surface area contributed by atoms with Crippen molar-refractivity contribution in [2.24, 2.45) is 0 Å². The summed E-state index contributed by atoms with van der Waals surface area (Å²) in [7, 11) is 1.57. The molecular weight excluding hydrogens is 416 g/mol. The second-order valence-corrected chi connectivity index (χ2v) is 7.52. The summed E-state index contributed by atoms with van der Waals surface area (Å²) < 4.78 is 7.35. The van der Waals surface area contributed by atoms with Gasteiger partial charge >= 0.3 is 0 Å². The van der Waals surface area contributed by atoms with E-state index in [-0.39, 0.29) is 18.4 Å². The number of anilines is 1. The van der Waals surface area contributed by atoms with Crippen LogP contribution in [0.1, 0.15) is 21.7 Å². The lowest BCUT2D eigenvalue weighted by molar-refractivity contribution is -0.116. The molecule has 4 rings (SSSR count). The summed E-state index contributed by atoms with van der Waals surface area (Å²) in [6, 6.07) is 20.0. The topological polar surface area (TPSA) is 80.4 Å². The van der Waals surface area contributed by atoms with Gasteiger partial charge in [0, 0.05) is 24.5 Å². The van der Waals surface area contributed by atoms with Gasteiger partial charge in [-0.3, -0.25) is 9.59 Å². The van der Waals surface area contributed by atoms with Crippen LogP contribution >= 0.6 is 0 Å². The van der Waals surface area contributed by atoms with Crippen molar-refractivity contribution in [1.29, 1.82) is 0 Å². The fraction of sp³-hybridized carbons (Fsp3) is 0.115. The molecule has 2 aromatic heterocycles. The van der Waals surface area contributed by atoms with Crippen molar-refractivity contribution < 1.29 is 14.0 Å². The lowest BCUT2D eigenvalue weighted by Crippen LogP contribution is -2.35. The molecule has 0 saturated carbocycles. The van der Waals surface area contributed by atoms with Crippen LogP contribution in [0.15, 0.2) is 77.3 Å². The average molecular weight is 438 g/mol. The highest BCUT2D eigenvalue weighted by atomic mass is 16.3. The predicted octanol–water partition coefficient (Wildman–Crippen LogP) is 4.13. The van der Waals surface area contributed by atoms with Crippen LogP contribution in [-0.2, 0) is 4.79 Å². The molecule has 0 spiro atoms. The molecule has 0 radical (unpaired) electrons. The third-order valence-electron chi connectivity index (χ3n) is 4.98. The molecule has 0 saturated heterocycles. The number of carbonyl (C=O) groups is 2. The van der Waals surface area contributed by atoms with E-state index in [1.54, 1.807) is 48.3 Å². The van der Waals surface area contributed by atoms with Crippen LogP contribution in [0, 0.1) is 19.3 Å². The summed E-state index contributed by atoms with van der Waals surface area (Å²) in [5.41, 5.74) is 2.77. The maximum absolute atomic E-state index is 13.3. The first-order chi connectivity index (χ1) is 15.9. The van der Waals surface area contributed by atoms with Crippen molar-refractivity contribution in [2.75, 3.05) is 18.9 Å². The van der Waals surface area contributed by atoms with Crippen LogP contribution in [0.3, 0.4) is 0 Å². The smallest absolute Gasteiger partial charge is 0.258 e. The molecule has 0 aliphatic carbocycles. The Morgan fingerprint density at radius 3 is 2.61 bits per heavy atom. The van der Waals surface area contributed by atoms with Crippen LogP contribution in [0.2, 0.25) is 0 Å². The van der Waals surface area contributed by atoms with Crippen LogP contribution in [0.5, 0.6) is 0 Å². The summed E-state index contributed by atoms with van der Waals surface area (Å²) in [6.45, 7) is 1.68. The fourth-order valence-electron chi connectivity index (χ4n) is 3.37. The molecule has 1 N–H and O–H groups in total. The second-order valence-electron chi connectivity index (χ2n) is 7.52. The van der Waals surface area contributed by atoms with Gasteiger partial charge in [-0.2, -0.15) is 5.10 Å². The van der Waals surface area contributed by atoms with Crippen molar-refractivity contribution in [2.45, 2.75) is 6.92 Å². The van der Waals surface area contributed by atoms with Gasteiger partial charge in [0.1, 0.15) is 11.5 Å². The molecule has 2 heterocycles. The molecule has 0 unspecified atom stereocenters. The maximum Gasteiger partial charge on any atom is 0.258 e. The molecule has 0 fully saturated rings. The van der Waals surface area contributed by atoms with Crippen LogP contribution < -0.4 is 5.32 Å². The molecule has 164 valence electrons. The first-order valence-corrected chi connectivity index (χ1v) is 10.3. The van der Waals surface area contributed by atoms with Crippen molar-refractivity contribution in [3.8, 4) is 29.5 Å². The van der Waals surface area contributed by atoms with Crippen molar-refractivity contribution >= 4 is 17.5 Å². The number of likely N-dealkylation sites (N-methyl/N-ethyl adjacent to an activating group) is 1. The highest BCUT2D eigenvalue weighted by Crippen LogP contribution is 2.26. The lowest BCUT2D eigenvalue weighted by Gasteiger charge is -2.16. The van der Waals surface area contributed by atoms with Gasteiger partial charge in [-0.1, -0.05) is 30.2 Å². The van der Waals surface area contributed by atoms with E-state index in [0.29, 0.717) is 34.0 Å². The van der Waals surface area contributed by atoms with Gasteiger partial charge in [0.25, 0.3) is 5.91 Å². The van der Waals surface area contributed by atoms with E-state index in [1.807, 2.05) is 43.3 Å². The summed E-state index contributed by atoms with van der Waals surface area (Å²) >= 11 is 0. The number of nitrogens with one attached hydrogen (secondary N) is 1. The summed E-state index contributed by atoms with van der Waals surface area (Å²) in [5, 5.41) is 7.36. The summed E-state index contributed by atoms with van der Waals surface area (Å²) in [6.07, 6.45) is 7.06. The highest BCUT2D eigenvalue weighted by molar-refractivity contribution is 6.02. The number of amides is 2. The highest BCUT2D eigenvalue weighted by Gasteiger charge is 2.24. The Bertz CT molecular complexity index is 1350. The molecule has 7 nitrogen and oxygen atoms in total. The van der Waals surface area contributed by atoms with Gasteiger partial charge in [0.2, 0.25) is 5.91 Å². The molecule has 4 aromatic rings. The standard InChI is InChI=1S/C26H22N4O3/c1-4-19-9-8-10-20(15-19)27-24(31)17-29(3)26(32)22-16-30(21-11-6-5-7-12-21)28-25(22)23-14-13-18(2)33-23/h1,5-16H,17H2,2-3H3,(H,27,31). The van der Waals surface area contributed by atoms with E-state index in [9.17, 15) is 9.59 Å². The largest absolute Gasteiger partial charge is 0.460 e. The minimum Gasteiger partial charge on any atom is -0.460 e. The zero-order chi connectivity index (χ0) is 23.4. The minimum absolute atomic E-state index is 0.147. The zero-order valence-electron chi connectivity index (χ0n) is 18.3. The zero-order valence-corrected chi connectivity index (χ0v) is 18.3. The second kappa shape index (κ2) is 9.28. The van der Waals surface area contributed by atoms with Crippen LogP contribution in [0.4, 0.5) is 5.69 Å². The van der Waals surface area contributed by atoms with Gasteiger partial charge in [-0.15, -0.1) is 6.42 Å². The monoisotopic (exact) mass is 438 g/mol. The normalized spacial score (nSPS) is 10.5. The van der Waals surface area contributed by atoms with E-state index in [1.165, 1.54) is 4.90 Å². The quantitative estimate of drug-likeness (QED) is 0.459. The Labute approximate surface area is 191 Å². The third kappa shape index (κ3) is 4.86. The molecule has 0 aliphatic rings. The molecule has 33 heavy (non-hydrogen) atoms. The van der Waals surface area contributed by atoms with Crippen molar-refractivity contribution in [3.63, 3.8) is 0 Å². The number of hydrogen-bond donors (Lipinski definition) is 1. The SMILES string of the molecule is C#Cc1cccc(NC(=O)CN(C)C(=O)c2cn(-c3ccccc3)nc2-c2ccc(C)o2)c1. The number of hydrogen-bond acceptors (Lipinski definition) is 4. The Kier molecular flexibility index (Phi) is 6.09. The first-order valence-electron chi connectivity index (χ1n) is 10.3. The number of rotatable bonds is 6. The molecule has 0 aliphatic heterocycles. The van der Waals surface area contributed by atoms with Gasteiger partial charge in [0.05, 0.1) is 17.8 Å². The molecule has 2 aromatic carbocycles. The van der Waals surface area contributed by atoms with E-state index in [2.05, 4.69) is 16.3 Å². The maximum atomic E-state index is 13.3. The number of carbonyl (C=O) groups excluding carboxylic acids is 2. The number of benzene rings is 2. The van der Waals surface area contributed by atoms with Gasteiger partial charge < -0.3 is 14.6 Å². The third-order valence-corrected chi connectivity index (χ3v) is 4.98. The number of para-hydroxylation sites is 1. The van der Waals surface area contributed by atoms with Gasteiger partial charge in [0.15, 0.2) is 5.76 Å². The Morgan fingerprint density at radius 2 is 1.91 bits per heavy atom. The molecule has 7 heteroatoms. The van der Waals surface area contributed by atoms with Gasteiger partial charge in [-0.25, -0.2) is 4.68 Å². The van der Waals surface area contributed by atoms with E-state index < -0.39 is 0 Å². The van der Waals surface area contributed by atoms with E-state index >= 15 is 0 Å².